The molecule has 0 saturated carbocycles. The van der Waals surface area contributed by atoms with Gasteiger partial charge < -0.3 is 0 Å². The molecule has 0 atom stereocenters. The number of aromatic nitrogens is 5. The van der Waals surface area contributed by atoms with E-state index in [1.165, 1.54) is 28.4 Å². The monoisotopic (exact) mass is 355 g/mol. The zero-order valence-electron chi connectivity index (χ0n) is 13.1. The number of hydrogen-bond acceptors (Lipinski definition) is 7. The van der Waals surface area contributed by atoms with Crippen molar-refractivity contribution in [1.82, 2.24) is 36.0 Å². The standard InChI is InChI=1S/C15H13N7O2S/c1-10-17-12(8-25-10)4-7-14(23)18-19-15(24)11-2-5-13(6-3-11)22-9-16-20-21-22/h2-9H,1H3,(H,18,23)(H,19,24)/b7-4+. The second-order valence-electron chi connectivity index (χ2n) is 4.87. The summed E-state index contributed by atoms with van der Waals surface area (Å²) in [7, 11) is 0. The van der Waals surface area contributed by atoms with Crippen molar-refractivity contribution >= 4 is 29.2 Å². The van der Waals surface area contributed by atoms with Crippen LogP contribution in [0.15, 0.2) is 42.0 Å². The number of carbonyl (C=O) groups excluding carboxylic acids is 2. The normalized spacial score (nSPS) is 10.8. The van der Waals surface area contributed by atoms with Crippen LogP contribution >= 0.6 is 11.3 Å². The van der Waals surface area contributed by atoms with Crippen molar-refractivity contribution < 1.29 is 9.59 Å². The summed E-state index contributed by atoms with van der Waals surface area (Å²) in [4.78, 5) is 27.9. The number of rotatable bonds is 4. The van der Waals surface area contributed by atoms with Crippen LogP contribution in [0.5, 0.6) is 0 Å². The predicted octanol–water partition coefficient (Wildman–Crippen LogP) is 0.902. The van der Waals surface area contributed by atoms with Crippen LogP contribution in [0.4, 0.5) is 0 Å². The molecule has 126 valence electrons. The van der Waals surface area contributed by atoms with E-state index >= 15 is 0 Å². The maximum Gasteiger partial charge on any atom is 0.269 e. The SMILES string of the molecule is Cc1nc(/C=C/C(=O)NNC(=O)c2ccc(-n3cnnn3)cc2)cs1. The molecule has 2 aromatic heterocycles. The first kappa shape index (κ1) is 16.5. The molecule has 0 saturated heterocycles. The fourth-order valence-corrected chi connectivity index (χ4v) is 2.48. The molecule has 3 rings (SSSR count). The van der Waals surface area contributed by atoms with E-state index in [-0.39, 0.29) is 0 Å². The molecule has 2 heterocycles. The zero-order chi connectivity index (χ0) is 17.6. The van der Waals surface area contributed by atoms with Crippen molar-refractivity contribution in [3.63, 3.8) is 0 Å². The van der Waals surface area contributed by atoms with Gasteiger partial charge in [-0.3, -0.25) is 20.4 Å². The third-order valence-electron chi connectivity index (χ3n) is 3.08. The van der Waals surface area contributed by atoms with E-state index in [0.717, 1.165) is 5.01 Å². The Bertz CT molecular complexity index is 900. The molecule has 25 heavy (non-hydrogen) atoms. The third-order valence-corrected chi connectivity index (χ3v) is 3.88. The molecular formula is C15H13N7O2S. The molecule has 0 unspecified atom stereocenters. The van der Waals surface area contributed by atoms with Crippen LogP contribution in [0.3, 0.4) is 0 Å². The molecule has 0 fully saturated rings. The molecule has 3 aromatic rings. The van der Waals surface area contributed by atoms with E-state index in [4.69, 9.17) is 0 Å². The molecule has 0 aliphatic heterocycles. The fourth-order valence-electron chi connectivity index (χ4n) is 1.90. The average Bonchev–Trinajstić information content (AvgIpc) is 3.30. The fraction of sp³-hybridized carbons (Fsp3) is 0.0667. The maximum atomic E-state index is 12.0. The smallest absolute Gasteiger partial charge is 0.268 e. The van der Waals surface area contributed by atoms with E-state index < -0.39 is 11.8 Å². The van der Waals surface area contributed by atoms with Gasteiger partial charge >= 0.3 is 0 Å². The lowest BCUT2D eigenvalue weighted by Crippen LogP contribution is -2.40. The van der Waals surface area contributed by atoms with Crippen molar-refractivity contribution in [3.8, 4) is 5.69 Å². The second-order valence-corrected chi connectivity index (χ2v) is 5.93. The summed E-state index contributed by atoms with van der Waals surface area (Å²) in [5.74, 6) is -0.890. The molecule has 0 aliphatic carbocycles. The Labute approximate surface area is 146 Å². The number of benzene rings is 1. The van der Waals surface area contributed by atoms with Gasteiger partial charge in [-0.1, -0.05) is 0 Å². The minimum Gasteiger partial charge on any atom is -0.268 e. The van der Waals surface area contributed by atoms with E-state index in [9.17, 15) is 9.59 Å². The number of nitrogens with one attached hydrogen (secondary N) is 2. The summed E-state index contributed by atoms with van der Waals surface area (Å²) in [5.41, 5.74) is 6.45. The zero-order valence-corrected chi connectivity index (χ0v) is 13.9. The number of amides is 2. The lowest BCUT2D eigenvalue weighted by molar-refractivity contribution is -0.117. The largest absolute Gasteiger partial charge is 0.269 e. The summed E-state index contributed by atoms with van der Waals surface area (Å²) in [6.45, 7) is 1.88. The van der Waals surface area contributed by atoms with Crippen LogP contribution in [0, 0.1) is 6.92 Å². The predicted molar refractivity (Wildman–Crippen MR) is 90.6 cm³/mol. The van der Waals surface area contributed by atoms with Crippen molar-refractivity contribution in [2.75, 3.05) is 0 Å². The first-order valence-electron chi connectivity index (χ1n) is 7.16. The van der Waals surface area contributed by atoms with Crippen LogP contribution in [0.25, 0.3) is 11.8 Å². The maximum absolute atomic E-state index is 12.0. The van der Waals surface area contributed by atoms with Crippen LogP contribution in [0.2, 0.25) is 0 Å². The number of thiazole rings is 1. The quantitative estimate of drug-likeness (QED) is 0.531. The van der Waals surface area contributed by atoms with Crippen molar-refractivity contribution in [2.45, 2.75) is 6.92 Å². The van der Waals surface area contributed by atoms with E-state index in [1.807, 2.05) is 12.3 Å². The number of tetrazole rings is 1. The van der Waals surface area contributed by atoms with Crippen molar-refractivity contribution in [2.24, 2.45) is 0 Å². The summed E-state index contributed by atoms with van der Waals surface area (Å²) < 4.78 is 1.47. The molecule has 0 aliphatic rings. The summed E-state index contributed by atoms with van der Waals surface area (Å²) in [5, 5.41) is 13.6. The molecule has 10 heteroatoms. The molecule has 9 nitrogen and oxygen atoms in total. The lowest BCUT2D eigenvalue weighted by Gasteiger charge is -2.06. The van der Waals surface area contributed by atoms with Gasteiger partial charge in [0.1, 0.15) is 6.33 Å². The first-order chi connectivity index (χ1) is 12.1. The molecule has 0 bridgehead atoms. The van der Waals surface area contributed by atoms with Crippen molar-refractivity contribution in [1.29, 1.82) is 0 Å². The summed E-state index contributed by atoms with van der Waals surface area (Å²) in [6, 6.07) is 6.59. The van der Waals surface area contributed by atoms with Gasteiger partial charge in [0.15, 0.2) is 0 Å². The number of nitrogens with zero attached hydrogens (tertiary/aromatic N) is 5. The van der Waals surface area contributed by atoms with Gasteiger partial charge in [-0.05, 0) is 47.7 Å². The Morgan fingerprint density at radius 1 is 1.20 bits per heavy atom. The summed E-state index contributed by atoms with van der Waals surface area (Å²) >= 11 is 1.49. The van der Waals surface area contributed by atoms with Crippen LogP contribution < -0.4 is 10.9 Å². The van der Waals surface area contributed by atoms with Gasteiger partial charge in [0, 0.05) is 17.0 Å². The second kappa shape index (κ2) is 7.45. The third kappa shape index (κ3) is 4.32. The van der Waals surface area contributed by atoms with Crippen LogP contribution in [-0.4, -0.2) is 37.0 Å². The Morgan fingerprint density at radius 3 is 2.64 bits per heavy atom. The molecular weight excluding hydrogens is 342 g/mol. The van der Waals surface area contributed by atoms with Gasteiger partial charge in [0.2, 0.25) is 0 Å². The Balaban J connectivity index is 1.53. The van der Waals surface area contributed by atoms with Gasteiger partial charge in [-0.2, -0.15) is 0 Å². The highest BCUT2D eigenvalue weighted by atomic mass is 32.1. The van der Waals surface area contributed by atoms with E-state index in [0.29, 0.717) is 16.9 Å². The topological polar surface area (TPSA) is 115 Å². The van der Waals surface area contributed by atoms with Gasteiger partial charge in [0.25, 0.3) is 11.8 Å². The Kier molecular flexibility index (Phi) is 4.90. The molecule has 1 aromatic carbocycles. The minimum atomic E-state index is -0.454. The average molecular weight is 355 g/mol. The summed E-state index contributed by atoms with van der Waals surface area (Å²) in [6.07, 6.45) is 4.33. The van der Waals surface area contributed by atoms with Crippen molar-refractivity contribution in [3.05, 3.63) is 58.3 Å². The van der Waals surface area contributed by atoms with Crippen LogP contribution in [-0.2, 0) is 4.79 Å². The van der Waals surface area contributed by atoms with Gasteiger partial charge in [-0.15, -0.1) is 16.4 Å². The number of hydrogen-bond donors (Lipinski definition) is 2. The number of carbonyl (C=O) groups is 2. The molecule has 0 spiro atoms. The lowest BCUT2D eigenvalue weighted by atomic mass is 10.2. The van der Waals surface area contributed by atoms with E-state index in [2.05, 4.69) is 31.4 Å². The molecule has 2 amide bonds. The Morgan fingerprint density at radius 2 is 2.00 bits per heavy atom. The van der Waals surface area contributed by atoms with E-state index in [1.54, 1.807) is 30.3 Å². The first-order valence-corrected chi connectivity index (χ1v) is 8.04. The highest BCUT2D eigenvalue weighted by Crippen LogP contribution is 2.09. The number of hydrazine groups is 1. The van der Waals surface area contributed by atoms with Gasteiger partial charge in [0.05, 0.1) is 16.4 Å². The highest BCUT2D eigenvalue weighted by molar-refractivity contribution is 7.09. The highest BCUT2D eigenvalue weighted by Gasteiger charge is 2.07. The molecule has 2 N–H and O–H groups in total. The molecule has 0 radical (unpaired) electrons. The van der Waals surface area contributed by atoms with Crippen LogP contribution in [0.1, 0.15) is 21.1 Å². The Hall–Kier alpha value is -3.40. The van der Waals surface area contributed by atoms with Gasteiger partial charge in [-0.25, -0.2) is 9.67 Å². The number of aryl methyl sites for hydroxylation is 1. The minimum absolute atomic E-state index is 0.385.